The van der Waals surface area contributed by atoms with Gasteiger partial charge in [-0.1, -0.05) is 0 Å². The molecule has 7 heteroatoms. The minimum Gasteiger partial charge on any atom is -0.490 e. The highest BCUT2D eigenvalue weighted by Crippen LogP contribution is 2.31. The molecule has 0 unspecified atom stereocenters. The van der Waals surface area contributed by atoms with Gasteiger partial charge in [-0.3, -0.25) is 19.2 Å². The topological polar surface area (TPSA) is 79.3 Å². The summed E-state index contributed by atoms with van der Waals surface area (Å²) in [5, 5.41) is 11.0. The van der Waals surface area contributed by atoms with Gasteiger partial charge >= 0.3 is 11.4 Å². The van der Waals surface area contributed by atoms with Gasteiger partial charge in [0, 0.05) is 25.2 Å². The Bertz CT molecular complexity index is 699. The van der Waals surface area contributed by atoms with E-state index in [1.54, 1.807) is 10.6 Å². The summed E-state index contributed by atoms with van der Waals surface area (Å²) in [4.78, 5) is 22.7. The maximum atomic E-state index is 12.1. The van der Waals surface area contributed by atoms with Crippen LogP contribution in [0.3, 0.4) is 0 Å². The maximum absolute atomic E-state index is 12.1. The molecule has 0 spiro atoms. The molecule has 2 aromatic rings. The third-order valence-corrected chi connectivity index (χ3v) is 3.15. The highest BCUT2D eigenvalue weighted by Gasteiger charge is 2.21. The predicted octanol–water partition coefficient (Wildman–Crippen LogP) is 1.76. The van der Waals surface area contributed by atoms with Crippen LogP contribution < -0.4 is 10.4 Å². The number of hydrogen-bond acceptors (Lipinski definition) is 4. The Morgan fingerprint density at radius 2 is 1.74 bits per heavy atom. The number of fused-ring (bicyclic) bond motifs is 1. The monoisotopic (exact) mass is 265 g/mol. The number of imidazole rings is 1. The van der Waals surface area contributed by atoms with Gasteiger partial charge in [-0.05, 0) is 13.8 Å². The van der Waals surface area contributed by atoms with Crippen LogP contribution in [0.15, 0.2) is 16.9 Å². The van der Waals surface area contributed by atoms with Crippen molar-refractivity contribution in [1.82, 2.24) is 9.13 Å². The molecule has 0 aliphatic rings. The maximum Gasteiger partial charge on any atom is 0.329 e. The molecule has 102 valence electrons. The quantitative estimate of drug-likeness (QED) is 0.623. The van der Waals surface area contributed by atoms with E-state index in [2.05, 4.69) is 0 Å². The van der Waals surface area contributed by atoms with E-state index in [4.69, 9.17) is 4.74 Å². The largest absolute Gasteiger partial charge is 0.490 e. The molecule has 19 heavy (non-hydrogen) atoms. The molecule has 0 saturated heterocycles. The summed E-state index contributed by atoms with van der Waals surface area (Å²) < 4.78 is 8.12. The van der Waals surface area contributed by atoms with Crippen LogP contribution in [0.1, 0.15) is 13.8 Å². The van der Waals surface area contributed by atoms with E-state index < -0.39 is 4.92 Å². The molecule has 1 heterocycles. The Kier molecular flexibility index (Phi) is 3.28. The van der Waals surface area contributed by atoms with Crippen molar-refractivity contribution in [2.45, 2.75) is 26.9 Å². The van der Waals surface area contributed by atoms with Gasteiger partial charge in [0.1, 0.15) is 0 Å². The number of nitro benzene ring substituents is 1. The number of rotatable bonds is 4. The first kappa shape index (κ1) is 13.1. The first-order valence-electron chi connectivity index (χ1n) is 6.00. The number of hydrogen-bond donors (Lipinski definition) is 0. The Hall–Kier alpha value is -2.31. The Morgan fingerprint density at radius 1 is 1.21 bits per heavy atom. The number of ether oxygens (including phenoxy) is 1. The van der Waals surface area contributed by atoms with Crippen LogP contribution >= 0.6 is 0 Å². The minimum absolute atomic E-state index is 0.134. The third-order valence-electron chi connectivity index (χ3n) is 3.15. The van der Waals surface area contributed by atoms with Crippen LogP contribution in [0.2, 0.25) is 0 Å². The van der Waals surface area contributed by atoms with Gasteiger partial charge in [0.2, 0.25) is 0 Å². The summed E-state index contributed by atoms with van der Waals surface area (Å²) >= 11 is 0. The van der Waals surface area contributed by atoms with E-state index in [1.807, 2.05) is 13.8 Å². The average Bonchev–Trinajstić information content (AvgIpc) is 2.67. The molecule has 0 fully saturated rings. The van der Waals surface area contributed by atoms with E-state index in [9.17, 15) is 14.9 Å². The molecular formula is C12H15N3O4. The number of benzene rings is 1. The fraction of sp³-hybridized carbons (Fsp3) is 0.417. The van der Waals surface area contributed by atoms with Crippen molar-refractivity contribution in [2.75, 3.05) is 7.11 Å². The van der Waals surface area contributed by atoms with Crippen molar-refractivity contribution in [3.05, 3.63) is 32.7 Å². The van der Waals surface area contributed by atoms with Crippen LogP contribution in [-0.2, 0) is 13.1 Å². The summed E-state index contributed by atoms with van der Waals surface area (Å²) in [5.41, 5.74) is 0.909. The second kappa shape index (κ2) is 4.75. The molecule has 0 bridgehead atoms. The molecule has 1 aromatic heterocycles. The summed E-state index contributed by atoms with van der Waals surface area (Å²) in [6.45, 7) is 4.65. The molecule has 0 aliphatic heterocycles. The summed E-state index contributed by atoms with van der Waals surface area (Å²) in [6, 6.07) is 2.94. The zero-order chi connectivity index (χ0) is 14.2. The molecule has 0 radical (unpaired) electrons. The molecular weight excluding hydrogens is 250 g/mol. The fourth-order valence-corrected chi connectivity index (χ4v) is 2.25. The second-order valence-electron chi connectivity index (χ2n) is 4.04. The fourth-order valence-electron chi connectivity index (χ4n) is 2.25. The van der Waals surface area contributed by atoms with Crippen molar-refractivity contribution in [3.63, 3.8) is 0 Å². The summed E-state index contributed by atoms with van der Waals surface area (Å²) in [6.07, 6.45) is 0. The van der Waals surface area contributed by atoms with Gasteiger partial charge in [-0.2, -0.15) is 0 Å². The summed E-state index contributed by atoms with van der Waals surface area (Å²) in [5.74, 6) is 0.160. The van der Waals surface area contributed by atoms with E-state index in [0.29, 0.717) is 24.1 Å². The number of aromatic nitrogens is 2. The van der Waals surface area contributed by atoms with E-state index in [0.717, 1.165) is 0 Å². The van der Waals surface area contributed by atoms with Gasteiger partial charge in [0.05, 0.1) is 23.1 Å². The highest BCUT2D eigenvalue weighted by atomic mass is 16.6. The van der Waals surface area contributed by atoms with Gasteiger partial charge in [-0.25, -0.2) is 4.79 Å². The molecule has 0 atom stereocenters. The van der Waals surface area contributed by atoms with Crippen LogP contribution in [0.4, 0.5) is 5.69 Å². The molecule has 2 rings (SSSR count). The van der Waals surface area contributed by atoms with Gasteiger partial charge in [-0.15, -0.1) is 0 Å². The lowest BCUT2D eigenvalue weighted by atomic mass is 10.2. The van der Waals surface area contributed by atoms with Crippen molar-refractivity contribution in [2.24, 2.45) is 0 Å². The van der Waals surface area contributed by atoms with Gasteiger partial charge in [0.25, 0.3) is 0 Å². The van der Waals surface area contributed by atoms with E-state index >= 15 is 0 Å². The molecule has 7 nitrogen and oxygen atoms in total. The minimum atomic E-state index is -0.508. The lowest BCUT2D eigenvalue weighted by Gasteiger charge is -2.04. The molecule has 1 aromatic carbocycles. The zero-order valence-corrected chi connectivity index (χ0v) is 11.0. The first-order chi connectivity index (χ1) is 9.04. The number of methoxy groups -OCH3 is 1. The smallest absolute Gasteiger partial charge is 0.329 e. The van der Waals surface area contributed by atoms with Crippen LogP contribution in [0.5, 0.6) is 5.75 Å². The predicted molar refractivity (Wildman–Crippen MR) is 70.8 cm³/mol. The molecule has 0 aliphatic carbocycles. The standard InChI is InChI=1S/C12H15N3O4/c1-4-13-8-6-10(15(17)18)11(19-3)7-9(8)14(5-2)12(13)16/h6-7H,4-5H2,1-3H3. The van der Waals surface area contributed by atoms with Crippen LogP contribution in [0, 0.1) is 10.1 Å². The lowest BCUT2D eigenvalue weighted by molar-refractivity contribution is -0.385. The van der Waals surface area contributed by atoms with Crippen LogP contribution in [-0.4, -0.2) is 21.2 Å². The van der Waals surface area contributed by atoms with E-state index in [-0.39, 0.29) is 17.1 Å². The number of nitrogens with zero attached hydrogens (tertiary/aromatic N) is 3. The van der Waals surface area contributed by atoms with Crippen molar-refractivity contribution < 1.29 is 9.66 Å². The number of nitro groups is 1. The van der Waals surface area contributed by atoms with E-state index in [1.165, 1.54) is 17.7 Å². The SMILES string of the molecule is CCn1c(=O)n(CC)c2cc([N+](=O)[O-])c(OC)cc21. The summed E-state index contributed by atoms with van der Waals surface area (Å²) in [7, 11) is 1.37. The Balaban J connectivity index is 2.92. The zero-order valence-electron chi connectivity index (χ0n) is 11.0. The lowest BCUT2D eigenvalue weighted by Crippen LogP contribution is -2.23. The average molecular weight is 265 g/mol. The van der Waals surface area contributed by atoms with Gasteiger partial charge < -0.3 is 4.74 Å². The Labute approximate surface area is 109 Å². The molecule has 0 N–H and O–H groups in total. The molecule has 0 saturated carbocycles. The third kappa shape index (κ3) is 1.87. The van der Waals surface area contributed by atoms with Crippen molar-refractivity contribution >= 4 is 16.7 Å². The Morgan fingerprint density at radius 3 is 2.16 bits per heavy atom. The van der Waals surface area contributed by atoms with Crippen LogP contribution in [0.25, 0.3) is 11.0 Å². The highest BCUT2D eigenvalue weighted by molar-refractivity contribution is 5.82. The first-order valence-corrected chi connectivity index (χ1v) is 6.00. The second-order valence-corrected chi connectivity index (χ2v) is 4.04. The van der Waals surface area contributed by atoms with Crippen molar-refractivity contribution in [1.29, 1.82) is 0 Å². The van der Waals surface area contributed by atoms with Crippen molar-refractivity contribution in [3.8, 4) is 5.75 Å². The molecule has 0 amide bonds. The van der Waals surface area contributed by atoms with Gasteiger partial charge in [0.15, 0.2) is 5.75 Å². The number of aryl methyl sites for hydroxylation is 2. The normalized spacial score (nSPS) is 10.9.